The van der Waals surface area contributed by atoms with Crippen molar-refractivity contribution in [3.63, 3.8) is 0 Å². The SMILES string of the molecule is COCCCN(C(=O)c1sc2cc(F)ccc2c1Cl)c1c(N)n(CC(C)C)c(=O)[nH]c1=O. The van der Waals surface area contributed by atoms with Crippen molar-refractivity contribution in [2.75, 3.05) is 30.9 Å². The smallest absolute Gasteiger partial charge is 0.330 e. The van der Waals surface area contributed by atoms with E-state index in [1.54, 1.807) is 0 Å². The number of aromatic nitrogens is 2. The molecule has 1 aromatic carbocycles. The maximum Gasteiger partial charge on any atom is 0.330 e. The molecule has 0 radical (unpaired) electrons. The molecule has 3 N–H and O–H groups in total. The number of nitrogens with zero attached hydrogens (tertiary/aromatic N) is 2. The van der Waals surface area contributed by atoms with Crippen LogP contribution in [0.15, 0.2) is 27.8 Å². The van der Waals surface area contributed by atoms with Crippen LogP contribution in [0.4, 0.5) is 15.9 Å². The van der Waals surface area contributed by atoms with Crippen molar-refractivity contribution in [1.29, 1.82) is 0 Å². The molecule has 3 rings (SSSR count). The van der Waals surface area contributed by atoms with Crippen LogP contribution in [0.25, 0.3) is 10.1 Å². The zero-order chi connectivity index (χ0) is 23.6. The molecule has 0 bridgehead atoms. The van der Waals surface area contributed by atoms with E-state index in [9.17, 15) is 18.8 Å². The van der Waals surface area contributed by atoms with E-state index >= 15 is 0 Å². The minimum Gasteiger partial charge on any atom is -0.385 e. The van der Waals surface area contributed by atoms with Crippen molar-refractivity contribution < 1.29 is 13.9 Å². The maximum absolute atomic E-state index is 13.7. The topological polar surface area (TPSA) is 110 Å². The lowest BCUT2D eigenvalue weighted by atomic mass is 10.2. The third-order valence-electron chi connectivity index (χ3n) is 4.79. The second-order valence-corrected chi connectivity index (χ2v) is 9.12. The van der Waals surface area contributed by atoms with E-state index < -0.39 is 23.0 Å². The summed E-state index contributed by atoms with van der Waals surface area (Å²) in [4.78, 5) is 42.2. The third kappa shape index (κ3) is 4.72. The Hall–Kier alpha value is -2.69. The van der Waals surface area contributed by atoms with Crippen LogP contribution >= 0.6 is 22.9 Å². The number of H-pyrrole nitrogens is 1. The van der Waals surface area contributed by atoms with Crippen LogP contribution in [0.3, 0.4) is 0 Å². The van der Waals surface area contributed by atoms with Crippen LogP contribution in [-0.2, 0) is 11.3 Å². The number of amides is 1. The molecule has 172 valence electrons. The number of rotatable bonds is 8. The van der Waals surface area contributed by atoms with Crippen LogP contribution in [0, 0.1) is 11.7 Å². The van der Waals surface area contributed by atoms with E-state index in [1.807, 2.05) is 13.8 Å². The van der Waals surface area contributed by atoms with Crippen LogP contribution in [0.5, 0.6) is 0 Å². The van der Waals surface area contributed by atoms with E-state index in [-0.39, 0.29) is 40.4 Å². The van der Waals surface area contributed by atoms with Gasteiger partial charge < -0.3 is 10.5 Å². The highest BCUT2D eigenvalue weighted by atomic mass is 35.5. The molecule has 0 saturated heterocycles. The predicted molar refractivity (Wildman–Crippen MR) is 126 cm³/mol. The molecule has 0 aliphatic heterocycles. The lowest BCUT2D eigenvalue weighted by Crippen LogP contribution is -2.42. The number of nitrogens with one attached hydrogen (secondary N) is 1. The van der Waals surface area contributed by atoms with Crippen LogP contribution < -0.4 is 21.9 Å². The number of ether oxygens (including phenoxy) is 1. The van der Waals surface area contributed by atoms with Gasteiger partial charge in [0.05, 0.1) is 5.02 Å². The molecular weight excluding hydrogens is 459 g/mol. The van der Waals surface area contributed by atoms with Gasteiger partial charge in [-0.25, -0.2) is 9.18 Å². The molecule has 0 atom stereocenters. The average molecular weight is 483 g/mol. The van der Waals surface area contributed by atoms with Crippen LogP contribution in [0.2, 0.25) is 5.02 Å². The fourth-order valence-corrected chi connectivity index (χ4v) is 4.85. The number of benzene rings is 1. The van der Waals surface area contributed by atoms with Gasteiger partial charge in [0.15, 0.2) is 5.69 Å². The van der Waals surface area contributed by atoms with Crippen molar-refractivity contribution in [3.05, 3.63) is 54.8 Å². The van der Waals surface area contributed by atoms with Gasteiger partial charge in [-0.15, -0.1) is 11.3 Å². The molecule has 1 amide bonds. The van der Waals surface area contributed by atoms with Gasteiger partial charge in [0.25, 0.3) is 11.5 Å². The molecular formula is C21H24ClFN4O4S. The first-order valence-electron chi connectivity index (χ1n) is 9.96. The number of fused-ring (bicyclic) bond motifs is 1. The Morgan fingerprint density at radius 3 is 2.75 bits per heavy atom. The van der Waals surface area contributed by atoms with E-state index in [0.717, 1.165) is 11.3 Å². The molecule has 0 spiro atoms. The molecule has 32 heavy (non-hydrogen) atoms. The number of thiophene rings is 1. The summed E-state index contributed by atoms with van der Waals surface area (Å²) in [5.74, 6) is -1.06. The minimum absolute atomic E-state index is 0.0679. The highest BCUT2D eigenvalue weighted by molar-refractivity contribution is 7.21. The lowest BCUT2D eigenvalue weighted by Gasteiger charge is -2.24. The quantitative estimate of drug-likeness (QED) is 0.478. The Kier molecular flexibility index (Phi) is 7.37. The number of methoxy groups -OCH3 is 1. The van der Waals surface area contributed by atoms with E-state index in [0.29, 0.717) is 23.1 Å². The summed E-state index contributed by atoms with van der Waals surface area (Å²) in [5, 5.41) is 0.696. The van der Waals surface area contributed by atoms with Crippen molar-refractivity contribution in [1.82, 2.24) is 9.55 Å². The van der Waals surface area contributed by atoms with Crippen LogP contribution in [-0.4, -0.2) is 35.7 Å². The number of nitrogen functional groups attached to an aromatic ring is 1. The summed E-state index contributed by atoms with van der Waals surface area (Å²) < 4.78 is 20.5. The normalized spacial score (nSPS) is 11.4. The number of halogens is 2. The second kappa shape index (κ2) is 9.85. The van der Waals surface area contributed by atoms with Gasteiger partial charge in [-0.2, -0.15) is 0 Å². The summed E-state index contributed by atoms with van der Waals surface area (Å²) in [6.45, 7) is 4.48. The van der Waals surface area contributed by atoms with Gasteiger partial charge in [-0.3, -0.25) is 24.0 Å². The van der Waals surface area contributed by atoms with E-state index in [1.165, 1.54) is 34.8 Å². The zero-order valence-corrected chi connectivity index (χ0v) is 19.5. The summed E-state index contributed by atoms with van der Waals surface area (Å²) in [7, 11) is 1.52. The monoisotopic (exact) mass is 482 g/mol. The van der Waals surface area contributed by atoms with Gasteiger partial charge in [-0.1, -0.05) is 25.4 Å². The molecule has 0 aliphatic rings. The highest BCUT2D eigenvalue weighted by Gasteiger charge is 2.28. The van der Waals surface area contributed by atoms with Gasteiger partial charge in [-0.05, 0) is 30.5 Å². The number of nitrogens with two attached hydrogens (primary N) is 1. The molecule has 2 aromatic heterocycles. The van der Waals surface area contributed by atoms with Gasteiger partial charge in [0, 0.05) is 36.9 Å². The number of carbonyl (C=O) groups excluding carboxylic acids is 1. The Labute approximate surface area is 192 Å². The number of aromatic amines is 1. The zero-order valence-electron chi connectivity index (χ0n) is 17.9. The summed E-state index contributed by atoms with van der Waals surface area (Å²) in [6.07, 6.45) is 0.404. The molecule has 2 heterocycles. The largest absolute Gasteiger partial charge is 0.385 e. The predicted octanol–water partition coefficient (Wildman–Crippen LogP) is 3.47. The third-order valence-corrected chi connectivity index (χ3v) is 6.44. The van der Waals surface area contributed by atoms with Crippen molar-refractivity contribution >= 4 is 50.4 Å². The maximum atomic E-state index is 13.7. The fraction of sp³-hybridized carbons (Fsp3) is 0.381. The molecule has 8 nitrogen and oxygen atoms in total. The minimum atomic E-state index is -0.776. The van der Waals surface area contributed by atoms with Gasteiger partial charge >= 0.3 is 5.69 Å². The second-order valence-electron chi connectivity index (χ2n) is 7.69. The van der Waals surface area contributed by atoms with Crippen molar-refractivity contribution in [2.45, 2.75) is 26.8 Å². The molecule has 0 unspecified atom stereocenters. The van der Waals surface area contributed by atoms with E-state index in [2.05, 4.69) is 4.98 Å². The number of hydrogen-bond donors (Lipinski definition) is 2. The number of hydrogen-bond acceptors (Lipinski definition) is 6. The Bertz CT molecular complexity index is 1270. The Morgan fingerprint density at radius 2 is 2.09 bits per heavy atom. The highest BCUT2D eigenvalue weighted by Crippen LogP contribution is 2.37. The molecule has 0 saturated carbocycles. The summed E-state index contributed by atoms with van der Waals surface area (Å²) >= 11 is 7.47. The molecule has 0 fully saturated rings. The first-order valence-corrected chi connectivity index (χ1v) is 11.2. The Balaban J connectivity index is 2.16. The summed E-state index contributed by atoms with van der Waals surface area (Å²) in [6, 6.07) is 4.05. The lowest BCUT2D eigenvalue weighted by molar-refractivity contribution is 0.0987. The Morgan fingerprint density at radius 1 is 1.38 bits per heavy atom. The van der Waals surface area contributed by atoms with Crippen LogP contribution in [0.1, 0.15) is 29.9 Å². The average Bonchev–Trinajstić information content (AvgIpc) is 3.05. The first-order chi connectivity index (χ1) is 15.1. The first kappa shape index (κ1) is 24.0. The van der Waals surface area contributed by atoms with Crippen molar-refractivity contribution in [2.24, 2.45) is 5.92 Å². The standard InChI is InChI=1S/C21H24ClFN4O4S/c1-11(2)10-27-18(24)16(19(28)25-21(27)30)26(7-4-8-31-3)20(29)17-15(22)13-6-5-12(23)9-14(13)32-17/h5-6,9,11H,4,7-8,10,24H2,1-3H3,(H,25,28,30). The molecule has 0 aliphatic carbocycles. The van der Waals surface area contributed by atoms with Gasteiger partial charge in [0.1, 0.15) is 16.5 Å². The molecule has 3 aromatic rings. The van der Waals surface area contributed by atoms with Gasteiger partial charge in [0.2, 0.25) is 0 Å². The van der Waals surface area contributed by atoms with Crippen molar-refractivity contribution in [3.8, 4) is 0 Å². The number of anilines is 2. The molecule has 11 heteroatoms. The fourth-order valence-electron chi connectivity index (χ4n) is 3.37. The summed E-state index contributed by atoms with van der Waals surface area (Å²) in [5.41, 5.74) is 4.67. The van der Waals surface area contributed by atoms with E-state index in [4.69, 9.17) is 22.1 Å². The number of carbonyl (C=O) groups is 1.